The van der Waals surface area contributed by atoms with Gasteiger partial charge >= 0.3 is 0 Å². The maximum Gasteiger partial charge on any atom is 0.281 e. The smallest absolute Gasteiger partial charge is 0.199 e. The zero-order valence-electron chi connectivity index (χ0n) is 6.98. The van der Waals surface area contributed by atoms with E-state index < -0.39 is 20.2 Å². The van der Waals surface area contributed by atoms with Gasteiger partial charge in [0.1, 0.15) is 0 Å². The van der Waals surface area contributed by atoms with Crippen LogP contribution in [-0.2, 0) is 23.9 Å². The maximum absolute atomic E-state index is 10.8. The lowest BCUT2D eigenvalue weighted by molar-refractivity contribution is 0.465. The van der Waals surface area contributed by atoms with Crippen LogP contribution in [0.2, 0.25) is 0 Å². The van der Waals surface area contributed by atoms with Crippen LogP contribution in [0.15, 0.2) is 0 Å². The van der Waals surface area contributed by atoms with Crippen LogP contribution in [0.3, 0.4) is 0 Å². The number of hydrogen-bond donors (Lipinski definition) is 0. The van der Waals surface area contributed by atoms with E-state index in [1.165, 1.54) is 0 Å². The predicted octanol–water partition coefficient (Wildman–Crippen LogP) is 0.0925. The van der Waals surface area contributed by atoms with Crippen molar-refractivity contribution in [2.24, 2.45) is 0 Å². The van der Waals surface area contributed by atoms with Crippen LogP contribution >= 0.6 is 0 Å². The monoisotopic (exact) mass is 216 g/mol. The van der Waals surface area contributed by atoms with Crippen LogP contribution in [0.1, 0.15) is 19.8 Å². The molecule has 0 bridgehead atoms. The van der Waals surface area contributed by atoms with Crippen molar-refractivity contribution in [1.29, 1.82) is 0 Å². The van der Waals surface area contributed by atoms with E-state index in [4.69, 9.17) is 0 Å². The number of hydrogen-bond acceptors (Lipinski definition) is 5. The van der Waals surface area contributed by atoms with Crippen molar-refractivity contribution in [1.82, 2.24) is 0 Å². The molecular weight excluding hydrogens is 204 g/mol. The van der Waals surface area contributed by atoms with Gasteiger partial charge in [-0.3, -0.25) is 0 Å². The van der Waals surface area contributed by atoms with Crippen molar-refractivity contribution >= 4 is 20.2 Å². The zero-order chi connectivity index (χ0) is 9.83. The van der Waals surface area contributed by atoms with Gasteiger partial charge in [-0.1, -0.05) is 13.3 Å². The molecule has 0 saturated carbocycles. The average molecular weight is 216 g/mol. The Hall–Kier alpha value is -0.140. The second-order valence-electron chi connectivity index (χ2n) is 2.39. The number of unbranched alkanes of at least 4 members (excludes halogenated alkanes) is 1. The normalized spacial score (nSPS) is 13.2. The molecule has 5 nitrogen and oxygen atoms in total. The molecule has 0 heterocycles. The summed E-state index contributed by atoms with van der Waals surface area (Å²) in [6.45, 7) is 1.80. The lowest BCUT2D eigenvalue weighted by Gasteiger charge is -2.00. The van der Waals surface area contributed by atoms with Crippen molar-refractivity contribution in [3.8, 4) is 0 Å². The fraction of sp³-hybridized carbons (Fsp3) is 1.00. The van der Waals surface area contributed by atoms with Gasteiger partial charge in [0.05, 0.1) is 12.0 Å². The first kappa shape index (κ1) is 11.9. The molecule has 0 N–H and O–H groups in total. The van der Waals surface area contributed by atoms with E-state index in [-0.39, 0.29) is 5.75 Å². The topological polar surface area (TPSA) is 77.5 Å². The first-order valence-electron chi connectivity index (χ1n) is 3.40. The molecule has 74 valence electrons. The fourth-order valence-electron chi connectivity index (χ4n) is 0.543. The summed E-state index contributed by atoms with van der Waals surface area (Å²) in [7, 11) is -7.79. The van der Waals surface area contributed by atoms with Gasteiger partial charge in [-0.05, 0) is 6.42 Å². The average Bonchev–Trinajstić information content (AvgIpc) is 1.78. The quantitative estimate of drug-likeness (QED) is 0.651. The van der Waals surface area contributed by atoms with Gasteiger partial charge in [-0.15, -0.1) is 3.63 Å². The predicted molar refractivity (Wildman–Crippen MR) is 44.6 cm³/mol. The van der Waals surface area contributed by atoms with Gasteiger partial charge in [0.2, 0.25) is 0 Å². The zero-order valence-corrected chi connectivity index (χ0v) is 8.61. The Labute approximate surface area is 73.0 Å². The highest BCUT2D eigenvalue weighted by molar-refractivity contribution is 7.99. The molecule has 7 heteroatoms. The van der Waals surface area contributed by atoms with Gasteiger partial charge in [-0.25, -0.2) is 0 Å². The Balaban J connectivity index is 4.26. The molecule has 0 saturated heterocycles. The van der Waals surface area contributed by atoms with Crippen LogP contribution in [0.5, 0.6) is 0 Å². The Morgan fingerprint density at radius 1 is 1.17 bits per heavy atom. The summed E-state index contributed by atoms with van der Waals surface area (Å²) < 4.78 is 46.3. The molecule has 0 aliphatic heterocycles. The van der Waals surface area contributed by atoms with E-state index in [0.29, 0.717) is 19.1 Å². The van der Waals surface area contributed by atoms with Gasteiger partial charge in [-0.2, -0.15) is 16.8 Å². The molecule has 0 fully saturated rings. The molecule has 0 unspecified atom stereocenters. The van der Waals surface area contributed by atoms with Crippen molar-refractivity contribution in [3.63, 3.8) is 0 Å². The van der Waals surface area contributed by atoms with Crippen LogP contribution in [0.25, 0.3) is 0 Å². The lowest BCUT2D eigenvalue weighted by Crippen LogP contribution is -2.15. The second-order valence-corrected chi connectivity index (χ2v) is 5.86. The molecule has 0 aliphatic carbocycles. The van der Waals surface area contributed by atoms with Crippen LogP contribution in [-0.4, -0.2) is 28.8 Å². The Morgan fingerprint density at radius 3 is 2.00 bits per heavy atom. The van der Waals surface area contributed by atoms with Crippen molar-refractivity contribution in [3.05, 3.63) is 0 Å². The van der Waals surface area contributed by atoms with Gasteiger partial charge < -0.3 is 0 Å². The molecule has 0 aromatic heterocycles. The highest BCUT2D eigenvalue weighted by Crippen LogP contribution is 2.02. The minimum absolute atomic E-state index is 0.253. The molecular formula is C5H12O5S2. The Bertz CT molecular complexity index is 312. The minimum Gasteiger partial charge on any atom is -0.199 e. The first-order chi connectivity index (χ1) is 5.27. The van der Waals surface area contributed by atoms with E-state index >= 15 is 0 Å². The summed E-state index contributed by atoms with van der Waals surface area (Å²) in [4.78, 5) is 0. The summed E-state index contributed by atoms with van der Waals surface area (Å²) in [5.74, 6) is -0.253. The molecule has 0 spiro atoms. The van der Waals surface area contributed by atoms with E-state index in [1.54, 1.807) is 6.92 Å². The summed E-state index contributed by atoms with van der Waals surface area (Å²) in [5.41, 5.74) is 0. The summed E-state index contributed by atoms with van der Waals surface area (Å²) in [6.07, 6.45) is 1.78. The van der Waals surface area contributed by atoms with Crippen molar-refractivity contribution in [2.45, 2.75) is 19.8 Å². The molecule has 0 amide bonds. The maximum atomic E-state index is 10.8. The third-order valence-corrected chi connectivity index (χ3v) is 3.58. The standard InChI is InChI=1S/C5H12O5S2/c1-3-4-5-12(8,9)10-11(2,6)7/h3-5H2,1-2H3. The highest BCUT2D eigenvalue weighted by Gasteiger charge is 2.17. The number of rotatable bonds is 5. The largest absolute Gasteiger partial charge is 0.281 e. The van der Waals surface area contributed by atoms with Crippen LogP contribution < -0.4 is 0 Å². The molecule has 12 heavy (non-hydrogen) atoms. The van der Waals surface area contributed by atoms with Gasteiger partial charge in [0.15, 0.2) is 0 Å². The third-order valence-electron chi connectivity index (χ3n) is 0.975. The Kier molecular flexibility index (Phi) is 4.15. The summed E-state index contributed by atoms with van der Waals surface area (Å²) in [6, 6.07) is 0. The van der Waals surface area contributed by atoms with E-state index in [1.807, 2.05) is 0 Å². The summed E-state index contributed by atoms with van der Waals surface area (Å²) >= 11 is 0. The van der Waals surface area contributed by atoms with Crippen LogP contribution in [0.4, 0.5) is 0 Å². The van der Waals surface area contributed by atoms with Crippen LogP contribution in [0, 0.1) is 0 Å². The highest BCUT2D eigenvalue weighted by atomic mass is 32.3. The minimum atomic E-state index is -3.90. The lowest BCUT2D eigenvalue weighted by atomic mass is 10.4. The van der Waals surface area contributed by atoms with E-state index in [0.717, 1.165) is 0 Å². The Morgan fingerprint density at radius 2 is 1.67 bits per heavy atom. The fourth-order valence-corrected chi connectivity index (χ4v) is 2.96. The molecule has 0 rings (SSSR count). The molecule has 0 aromatic rings. The molecule has 0 aromatic carbocycles. The summed E-state index contributed by atoms with van der Waals surface area (Å²) in [5, 5.41) is 0. The van der Waals surface area contributed by atoms with E-state index in [9.17, 15) is 16.8 Å². The third kappa shape index (κ3) is 6.56. The van der Waals surface area contributed by atoms with Crippen molar-refractivity contribution < 1.29 is 20.5 Å². The SMILES string of the molecule is CCCCS(=O)(=O)OS(C)(=O)=O. The molecule has 0 aliphatic rings. The van der Waals surface area contributed by atoms with Gasteiger partial charge in [0.25, 0.3) is 20.2 Å². The van der Waals surface area contributed by atoms with Gasteiger partial charge in [0, 0.05) is 0 Å². The first-order valence-corrected chi connectivity index (χ1v) is 6.80. The van der Waals surface area contributed by atoms with Crippen molar-refractivity contribution in [2.75, 3.05) is 12.0 Å². The second kappa shape index (κ2) is 4.20. The molecule has 0 atom stereocenters. The molecule has 0 radical (unpaired) electrons. The van der Waals surface area contributed by atoms with E-state index in [2.05, 4.69) is 3.63 Å².